The van der Waals surface area contributed by atoms with Gasteiger partial charge in [-0.05, 0) is 69.0 Å². The topological polar surface area (TPSA) is 63.2 Å². The second-order valence-corrected chi connectivity index (χ2v) is 7.91. The maximum Gasteiger partial charge on any atom is 0.222 e. The number of amides is 1. The molecule has 2 aliphatic rings. The van der Waals surface area contributed by atoms with Crippen molar-refractivity contribution in [3.8, 4) is 16.9 Å². The van der Waals surface area contributed by atoms with Crippen molar-refractivity contribution in [2.45, 2.75) is 57.2 Å². The summed E-state index contributed by atoms with van der Waals surface area (Å²) in [6.45, 7) is 4.48. The van der Waals surface area contributed by atoms with E-state index in [1.54, 1.807) is 18.3 Å². The Morgan fingerprint density at radius 1 is 1.32 bits per heavy atom. The zero-order valence-electron chi connectivity index (χ0n) is 16.3. The SMILES string of the molecule is CCOc1ccc(F)c(-c2ccnc([C@@H]3CC[C@]4(CC(=O)N[C@@H](C)C4)N3)c2)c1. The monoisotopic (exact) mass is 383 g/mol. The lowest BCUT2D eigenvalue weighted by atomic mass is 9.83. The zero-order chi connectivity index (χ0) is 19.7. The molecule has 3 heterocycles. The first-order valence-corrected chi connectivity index (χ1v) is 9.94. The van der Waals surface area contributed by atoms with E-state index in [1.165, 1.54) is 6.07 Å². The van der Waals surface area contributed by atoms with Crippen molar-refractivity contribution in [3.63, 3.8) is 0 Å². The molecule has 0 bridgehead atoms. The van der Waals surface area contributed by atoms with Gasteiger partial charge < -0.3 is 15.4 Å². The highest BCUT2D eigenvalue weighted by atomic mass is 19.1. The van der Waals surface area contributed by atoms with Crippen molar-refractivity contribution < 1.29 is 13.9 Å². The van der Waals surface area contributed by atoms with Gasteiger partial charge in [-0.25, -0.2) is 4.39 Å². The number of ether oxygens (including phenoxy) is 1. The van der Waals surface area contributed by atoms with Crippen LogP contribution in [0.3, 0.4) is 0 Å². The summed E-state index contributed by atoms with van der Waals surface area (Å²) in [6, 6.07) is 8.80. The molecule has 2 aromatic rings. The van der Waals surface area contributed by atoms with Crippen LogP contribution in [0.15, 0.2) is 36.5 Å². The molecule has 28 heavy (non-hydrogen) atoms. The Balaban J connectivity index is 1.58. The van der Waals surface area contributed by atoms with E-state index in [-0.39, 0.29) is 29.3 Å². The van der Waals surface area contributed by atoms with Crippen LogP contribution in [0.1, 0.15) is 51.3 Å². The Hall–Kier alpha value is -2.47. The van der Waals surface area contributed by atoms with Crippen LogP contribution in [-0.4, -0.2) is 29.1 Å². The number of halogens is 1. The van der Waals surface area contributed by atoms with Crippen LogP contribution in [0.2, 0.25) is 0 Å². The number of nitrogens with one attached hydrogen (secondary N) is 2. The van der Waals surface area contributed by atoms with Crippen LogP contribution < -0.4 is 15.4 Å². The number of hydrogen-bond acceptors (Lipinski definition) is 4. The van der Waals surface area contributed by atoms with E-state index in [2.05, 4.69) is 15.6 Å². The molecule has 6 heteroatoms. The number of rotatable bonds is 4. The van der Waals surface area contributed by atoms with Gasteiger partial charge in [-0.15, -0.1) is 0 Å². The van der Waals surface area contributed by atoms with Crippen molar-refractivity contribution in [2.24, 2.45) is 0 Å². The minimum Gasteiger partial charge on any atom is -0.494 e. The second-order valence-electron chi connectivity index (χ2n) is 7.91. The van der Waals surface area contributed by atoms with Gasteiger partial charge in [0.2, 0.25) is 5.91 Å². The Kier molecular flexibility index (Phi) is 5.06. The summed E-state index contributed by atoms with van der Waals surface area (Å²) in [6.07, 6.45) is 4.99. The molecule has 1 spiro atoms. The highest BCUT2D eigenvalue weighted by Gasteiger charge is 2.44. The summed E-state index contributed by atoms with van der Waals surface area (Å²) < 4.78 is 20.0. The van der Waals surface area contributed by atoms with Crippen LogP contribution in [0.4, 0.5) is 4.39 Å². The molecule has 2 saturated heterocycles. The Labute approximate surface area is 164 Å². The molecule has 0 aliphatic carbocycles. The number of pyridine rings is 1. The molecule has 2 N–H and O–H groups in total. The van der Waals surface area contributed by atoms with Gasteiger partial charge in [0.15, 0.2) is 0 Å². The summed E-state index contributed by atoms with van der Waals surface area (Å²) in [5.41, 5.74) is 2.01. The molecule has 1 amide bonds. The molecule has 4 rings (SSSR count). The summed E-state index contributed by atoms with van der Waals surface area (Å²) >= 11 is 0. The van der Waals surface area contributed by atoms with Crippen LogP contribution in [-0.2, 0) is 4.79 Å². The number of hydrogen-bond donors (Lipinski definition) is 2. The van der Waals surface area contributed by atoms with E-state index >= 15 is 0 Å². The second kappa shape index (κ2) is 7.51. The summed E-state index contributed by atoms with van der Waals surface area (Å²) in [5.74, 6) is 0.468. The lowest BCUT2D eigenvalue weighted by Crippen LogP contribution is -2.54. The van der Waals surface area contributed by atoms with Crippen LogP contribution in [0, 0.1) is 5.82 Å². The van der Waals surface area contributed by atoms with Gasteiger partial charge in [-0.1, -0.05) is 0 Å². The van der Waals surface area contributed by atoms with E-state index < -0.39 is 0 Å². The van der Waals surface area contributed by atoms with E-state index in [0.717, 1.165) is 30.5 Å². The van der Waals surface area contributed by atoms with E-state index in [0.29, 0.717) is 24.3 Å². The highest BCUT2D eigenvalue weighted by Crippen LogP contribution is 2.39. The number of nitrogens with zero attached hydrogens (tertiary/aromatic N) is 1. The summed E-state index contributed by atoms with van der Waals surface area (Å²) in [5, 5.41) is 6.66. The van der Waals surface area contributed by atoms with E-state index in [4.69, 9.17) is 4.74 Å². The van der Waals surface area contributed by atoms with Gasteiger partial charge in [0.25, 0.3) is 0 Å². The predicted octanol–water partition coefficient (Wildman–Crippen LogP) is 3.75. The number of carbonyl (C=O) groups excluding carboxylic acids is 1. The number of piperidine rings is 1. The fraction of sp³-hybridized carbons (Fsp3) is 0.455. The fourth-order valence-electron chi connectivity index (χ4n) is 4.59. The molecule has 1 aromatic carbocycles. The molecular weight excluding hydrogens is 357 g/mol. The first-order valence-electron chi connectivity index (χ1n) is 9.94. The molecule has 0 radical (unpaired) electrons. The van der Waals surface area contributed by atoms with Gasteiger partial charge in [0.05, 0.1) is 12.3 Å². The minimum absolute atomic E-state index is 0.0659. The van der Waals surface area contributed by atoms with Gasteiger partial charge in [0.1, 0.15) is 11.6 Å². The lowest BCUT2D eigenvalue weighted by Gasteiger charge is -2.37. The highest BCUT2D eigenvalue weighted by molar-refractivity contribution is 5.78. The average Bonchev–Trinajstić information content (AvgIpc) is 3.05. The Morgan fingerprint density at radius 3 is 2.96 bits per heavy atom. The third-order valence-electron chi connectivity index (χ3n) is 5.69. The lowest BCUT2D eigenvalue weighted by molar-refractivity contribution is -0.125. The largest absolute Gasteiger partial charge is 0.494 e. The Morgan fingerprint density at radius 2 is 2.18 bits per heavy atom. The standard InChI is InChI=1S/C22H26FN3O2/c1-3-28-16-4-5-18(23)17(11-16)15-7-9-24-20(10-15)19-6-8-22(26-19)12-14(2)25-21(27)13-22/h4-5,7,9-11,14,19,26H,3,6,8,12-13H2,1-2H3,(H,25,27)/t14-,19-,22-/m0/s1. The molecule has 5 nitrogen and oxygen atoms in total. The van der Waals surface area contributed by atoms with E-state index in [1.807, 2.05) is 26.0 Å². The summed E-state index contributed by atoms with van der Waals surface area (Å²) in [7, 11) is 0. The van der Waals surface area contributed by atoms with Gasteiger partial charge >= 0.3 is 0 Å². The molecular formula is C22H26FN3O2. The first kappa shape index (κ1) is 18.9. The van der Waals surface area contributed by atoms with Crippen molar-refractivity contribution in [2.75, 3.05) is 6.61 Å². The van der Waals surface area contributed by atoms with Gasteiger partial charge in [-0.2, -0.15) is 0 Å². The number of benzene rings is 1. The quantitative estimate of drug-likeness (QED) is 0.844. The number of carbonyl (C=O) groups is 1. The number of aromatic nitrogens is 1. The maximum absolute atomic E-state index is 14.4. The smallest absolute Gasteiger partial charge is 0.222 e. The molecule has 0 saturated carbocycles. The molecule has 2 fully saturated rings. The zero-order valence-corrected chi connectivity index (χ0v) is 16.3. The minimum atomic E-state index is -0.283. The third-order valence-corrected chi connectivity index (χ3v) is 5.69. The van der Waals surface area contributed by atoms with Crippen molar-refractivity contribution in [1.82, 2.24) is 15.6 Å². The summed E-state index contributed by atoms with van der Waals surface area (Å²) in [4.78, 5) is 16.6. The maximum atomic E-state index is 14.4. The van der Waals surface area contributed by atoms with Crippen LogP contribution in [0.5, 0.6) is 5.75 Å². The first-order chi connectivity index (χ1) is 13.5. The molecule has 148 valence electrons. The van der Waals surface area contributed by atoms with Gasteiger partial charge in [-0.3, -0.25) is 9.78 Å². The molecule has 0 unspecified atom stereocenters. The fourth-order valence-corrected chi connectivity index (χ4v) is 4.59. The molecule has 3 atom stereocenters. The van der Waals surface area contributed by atoms with Crippen molar-refractivity contribution in [1.29, 1.82) is 0 Å². The molecule has 1 aromatic heterocycles. The predicted molar refractivity (Wildman–Crippen MR) is 105 cm³/mol. The third kappa shape index (κ3) is 3.74. The van der Waals surface area contributed by atoms with Crippen molar-refractivity contribution in [3.05, 3.63) is 48.0 Å². The molecule has 2 aliphatic heterocycles. The average molecular weight is 383 g/mol. The van der Waals surface area contributed by atoms with Crippen LogP contribution >= 0.6 is 0 Å². The Bertz CT molecular complexity index is 888. The normalized spacial score (nSPS) is 27.0. The van der Waals surface area contributed by atoms with Crippen LogP contribution in [0.25, 0.3) is 11.1 Å². The van der Waals surface area contributed by atoms with Gasteiger partial charge in [0, 0.05) is 35.8 Å². The van der Waals surface area contributed by atoms with E-state index in [9.17, 15) is 9.18 Å². The van der Waals surface area contributed by atoms with Crippen molar-refractivity contribution >= 4 is 5.91 Å².